The predicted molar refractivity (Wildman–Crippen MR) is 112 cm³/mol. The Morgan fingerprint density at radius 3 is 2.45 bits per heavy atom. The summed E-state index contributed by atoms with van der Waals surface area (Å²) in [5, 5.41) is 2.01. The highest BCUT2D eigenvalue weighted by Crippen LogP contribution is 2.30. The Bertz CT molecular complexity index is 918. The summed E-state index contributed by atoms with van der Waals surface area (Å²) in [4.78, 5) is 30.7. The van der Waals surface area contributed by atoms with Crippen LogP contribution in [0.5, 0.6) is 0 Å². The number of benzene rings is 1. The van der Waals surface area contributed by atoms with Gasteiger partial charge in [0.15, 0.2) is 5.76 Å². The molecule has 5 nitrogen and oxygen atoms in total. The number of furan rings is 1. The van der Waals surface area contributed by atoms with Gasteiger partial charge in [0.2, 0.25) is 5.91 Å². The van der Waals surface area contributed by atoms with E-state index in [2.05, 4.69) is 0 Å². The Morgan fingerprint density at radius 1 is 0.966 bits per heavy atom. The van der Waals surface area contributed by atoms with Gasteiger partial charge in [-0.25, -0.2) is 0 Å². The monoisotopic (exact) mass is 408 g/mol. The van der Waals surface area contributed by atoms with Crippen LogP contribution in [0.15, 0.2) is 70.7 Å². The molecule has 1 fully saturated rings. The fraction of sp³-hybridized carbons (Fsp3) is 0.304. The summed E-state index contributed by atoms with van der Waals surface area (Å²) in [6, 6.07) is 17.3. The molecule has 6 heteroatoms. The minimum Gasteiger partial charge on any atom is -0.459 e. The lowest BCUT2D eigenvalue weighted by atomic mass is 10.2. The Kier molecular flexibility index (Phi) is 6.10. The summed E-state index contributed by atoms with van der Waals surface area (Å²) >= 11 is 1.63. The van der Waals surface area contributed by atoms with E-state index in [0.717, 1.165) is 23.3 Å². The molecule has 1 aromatic carbocycles. The van der Waals surface area contributed by atoms with Gasteiger partial charge in [-0.15, -0.1) is 11.3 Å². The van der Waals surface area contributed by atoms with E-state index in [9.17, 15) is 9.59 Å². The highest BCUT2D eigenvalue weighted by Gasteiger charge is 2.30. The van der Waals surface area contributed by atoms with Gasteiger partial charge in [0.25, 0.3) is 5.91 Å². The number of carbonyl (C=O) groups excluding carboxylic acids is 2. The van der Waals surface area contributed by atoms with Crippen molar-refractivity contribution in [3.63, 3.8) is 0 Å². The van der Waals surface area contributed by atoms with Gasteiger partial charge in [-0.1, -0.05) is 36.4 Å². The lowest BCUT2D eigenvalue weighted by Gasteiger charge is -2.27. The van der Waals surface area contributed by atoms with Crippen molar-refractivity contribution in [1.82, 2.24) is 9.80 Å². The molecule has 150 valence electrons. The fourth-order valence-corrected chi connectivity index (χ4v) is 4.00. The quantitative estimate of drug-likeness (QED) is 0.527. The molecule has 0 bridgehead atoms. The van der Waals surface area contributed by atoms with E-state index in [1.807, 2.05) is 52.7 Å². The highest BCUT2D eigenvalue weighted by atomic mass is 32.1. The van der Waals surface area contributed by atoms with Crippen molar-refractivity contribution in [2.45, 2.75) is 25.9 Å². The average molecular weight is 409 g/mol. The van der Waals surface area contributed by atoms with Crippen molar-refractivity contribution in [3.8, 4) is 0 Å². The van der Waals surface area contributed by atoms with Crippen molar-refractivity contribution in [2.75, 3.05) is 13.1 Å². The molecule has 2 amide bonds. The number of nitrogens with zero attached hydrogens (tertiary/aromatic N) is 2. The molecule has 3 aromatic rings. The Balaban J connectivity index is 1.50. The van der Waals surface area contributed by atoms with Gasteiger partial charge in [0.05, 0.1) is 12.8 Å². The van der Waals surface area contributed by atoms with Crippen LogP contribution in [0.3, 0.4) is 0 Å². The van der Waals surface area contributed by atoms with Crippen LogP contribution in [0.2, 0.25) is 0 Å². The number of amides is 2. The molecular weight excluding hydrogens is 384 g/mol. The lowest BCUT2D eigenvalue weighted by molar-refractivity contribution is -0.133. The number of hydrogen-bond acceptors (Lipinski definition) is 4. The van der Waals surface area contributed by atoms with Crippen LogP contribution >= 0.6 is 11.3 Å². The second-order valence-electron chi connectivity index (χ2n) is 7.42. The van der Waals surface area contributed by atoms with Crippen LogP contribution < -0.4 is 0 Å². The summed E-state index contributed by atoms with van der Waals surface area (Å²) in [7, 11) is 0. The topological polar surface area (TPSA) is 53.8 Å². The zero-order chi connectivity index (χ0) is 20.1. The third-order valence-electron chi connectivity index (χ3n) is 5.02. The molecule has 0 unspecified atom stereocenters. The van der Waals surface area contributed by atoms with Gasteiger partial charge in [-0.05, 0) is 47.9 Å². The predicted octanol–water partition coefficient (Wildman–Crippen LogP) is 4.42. The van der Waals surface area contributed by atoms with Crippen molar-refractivity contribution in [2.24, 2.45) is 5.92 Å². The van der Waals surface area contributed by atoms with E-state index in [-0.39, 0.29) is 24.1 Å². The maximum absolute atomic E-state index is 13.3. The molecule has 0 atom stereocenters. The number of carbonyl (C=O) groups is 2. The summed E-state index contributed by atoms with van der Waals surface area (Å²) < 4.78 is 5.29. The molecule has 1 saturated carbocycles. The third-order valence-corrected chi connectivity index (χ3v) is 5.88. The van der Waals surface area contributed by atoms with E-state index in [1.165, 1.54) is 6.26 Å². The fourth-order valence-electron chi connectivity index (χ4n) is 3.28. The Labute approximate surface area is 174 Å². The highest BCUT2D eigenvalue weighted by molar-refractivity contribution is 7.09. The SMILES string of the molecule is O=C(CN(CC1CC1)C(=O)c1ccco1)N(Cc1ccccc1)Cc1cccs1. The number of rotatable bonds is 9. The Morgan fingerprint density at radius 2 is 1.79 bits per heavy atom. The van der Waals surface area contributed by atoms with E-state index in [0.29, 0.717) is 25.6 Å². The molecule has 0 N–H and O–H groups in total. The first-order valence-electron chi connectivity index (χ1n) is 9.86. The van der Waals surface area contributed by atoms with Crippen LogP contribution in [0.25, 0.3) is 0 Å². The van der Waals surface area contributed by atoms with Crippen molar-refractivity contribution in [1.29, 1.82) is 0 Å². The lowest BCUT2D eigenvalue weighted by Crippen LogP contribution is -2.43. The first kappa shape index (κ1) is 19.5. The normalized spacial score (nSPS) is 13.2. The second-order valence-corrected chi connectivity index (χ2v) is 8.45. The number of hydrogen-bond donors (Lipinski definition) is 0. The molecule has 0 aliphatic heterocycles. The first-order chi connectivity index (χ1) is 14.2. The van der Waals surface area contributed by atoms with Gasteiger partial charge in [-0.3, -0.25) is 9.59 Å². The molecule has 4 rings (SSSR count). The molecule has 0 radical (unpaired) electrons. The van der Waals surface area contributed by atoms with Crippen molar-refractivity contribution in [3.05, 3.63) is 82.4 Å². The van der Waals surface area contributed by atoms with Crippen LogP contribution in [-0.4, -0.2) is 34.7 Å². The largest absolute Gasteiger partial charge is 0.459 e. The molecule has 0 spiro atoms. The smallest absolute Gasteiger partial charge is 0.290 e. The van der Waals surface area contributed by atoms with Gasteiger partial charge in [0, 0.05) is 18.0 Å². The maximum atomic E-state index is 13.3. The minimum absolute atomic E-state index is 0.0530. The van der Waals surface area contributed by atoms with E-state index in [4.69, 9.17) is 4.42 Å². The summed E-state index contributed by atoms with van der Waals surface area (Å²) in [6.45, 7) is 1.72. The van der Waals surface area contributed by atoms with Gasteiger partial charge < -0.3 is 14.2 Å². The zero-order valence-electron chi connectivity index (χ0n) is 16.2. The van der Waals surface area contributed by atoms with E-state index < -0.39 is 0 Å². The van der Waals surface area contributed by atoms with Crippen molar-refractivity contribution >= 4 is 23.2 Å². The minimum atomic E-state index is -0.217. The summed E-state index contributed by atoms with van der Waals surface area (Å²) in [5.74, 6) is 0.502. The van der Waals surface area contributed by atoms with Crippen molar-refractivity contribution < 1.29 is 14.0 Å². The second kappa shape index (κ2) is 9.09. The van der Waals surface area contributed by atoms with Crippen LogP contribution in [-0.2, 0) is 17.9 Å². The van der Waals surface area contributed by atoms with Gasteiger partial charge in [0.1, 0.15) is 6.54 Å². The molecular formula is C23H24N2O3S. The molecule has 2 heterocycles. The van der Waals surface area contributed by atoms with E-state index >= 15 is 0 Å². The first-order valence-corrected chi connectivity index (χ1v) is 10.7. The van der Waals surface area contributed by atoms with Gasteiger partial charge in [-0.2, -0.15) is 0 Å². The molecule has 0 saturated heterocycles. The number of thiophene rings is 1. The maximum Gasteiger partial charge on any atom is 0.290 e. The Hall–Kier alpha value is -2.86. The van der Waals surface area contributed by atoms with E-state index in [1.54, 1.807) is 28.4 Å². The summed E-state index contributed by atoms with van der Waals surface area (Å²) in [5.41, 5.74) is 1.07. The van der Waals surface area contributed by atoms with Crippen LogP contribution in [0.4, 0.5) is 0 Å². The van der Waals surface area contributed by atoms with Gasteiger partial charge >= 0.3 is 0 Å². The molecule has 2 aromatic heterocycles. The molecule has 1 aliphatic carbocycles. The van der Waals surface area contributed by atoms with Crippen LogP contribution in [0.1, 0.15) is 33.8 Å². The van der Waals surface area contributed by atoms with Crippen LogP contribution in [0, 0.1) is 5.92 Å². The standard InChI is InChI=1S/C23H24N2O3S/c26-22(17-25(15-19-10-11-19)23(27)21-9-4-12-28-21)24(16-20-8-5-13-29-20)14-18-6-2-1-3-7-18/h1-9,12-13,19H,10-11,14-17H2. The molecule has 1 aliphatic rings. The average Bonchev–Trinajstić information content (AvgIpc) is 3.18. The summed E-state index contributed by atoms with van der Waals surface area (Å²) in [6.07, 6.45) is 3.71. The molecule has 29 heavy (non-hydrogen) atoms. The third kappa shape index (κ3) is 5.35. The zero-order valence-corrected chi connectivity index (χ0v) is 17.0.